The molecule has 84 valence electrons. The van der Waals surface area contributed by atoms with Gasteiger partial charge in [-0.15, -0.1) is 0 Å². The third kappa shape index (κ3) is 2.43. The number of alkyl halides is 1. The minimum atomic E-state index is -0.354. The molecule has 0 aliphatic heterocycles. The summed E-state index contributed by atoms with van der Waals surface area (Å²) in [7, 11) is 1.37. The lowest BCUT2D eigenvalue weighted by Crippen LogP contribution is -2.17. The highest BCUT2D eigenvalue weighted by atomic mass is 79.9. The Kier molecular flexibility index (Phi) is 3.60. The molecule has 0 saturated heterocycles. The van der Waals surface area contributed by atoms with E-state index < -0.39 is 0 Å². The Morgan fingerprint density at radius 2 is 2.20 bits per heavy atom. The van der Waals surface area contributed by atoms with Gasteiger partial charge < -0.3 is 9.15 Å². The highest BCUT2D eigenvalue weighted by Gasteiger charge is 2.26. The monoisotopic (exact) mass is 274 g/mol. The molecule has 0 saturated carbocycles. The number of furan rings is 1. The number of aryl methyl sites for hydroxylation is 1. The highest BCUT2D eigenvalue weighted by Crippen LogP contribution is 2.29. The van der Waals surface area contributed by atoms with Crippen LogP contribution in [0.2, 0.25) is 0 Å². The summed E-state index contributed by atoms with van der Waals surface area (Å²) in [4.78, 5) is 11.4. The fourth-order valence-electron chi connectivity index (χ4n) is 1.19. The van der Waals surface area contributed by atoms with Crippen LogP contribution >= 0.6 is 15.9 Å². The quantitative estimate of drug-likeness (QED) is 0.628. The van der Waals surface area contributed by atoms with Crippen LogP contribution in [0.15, 0.2) is 10.5 Å². The molecule has 0 spiro atoms. The van der Waals surface area contributed by atoms with Crippen molar-refractivity contribution in [3.05, 3.63) is 23.2 Å². The number of rotatable bonds is 3. The number of hydrogen-bond acceptors (Lipinski definition) is 3. The molecular formula is C11H15BrO3. The van der Waals surface area contributed by atoms with Crippen LogP contribution in [0.25, 0.3) is 0 Å². The molecular weight excluding hydrogens is 260 g/mol. The lowest BCUT2D eigenvalue weighted by atomic mass is 9.93. The molecule has 0 aliphatic carbocycles. The van der Waals surface area contributed by atoms with Gasteiger partial charge in [-0.3, -0.25) is 0 Å². The van der Waals surface area contributed by atoms with Crippen LogP contribution in [0, 0.1) is 6.92 Å². The number of methoxy groups -OCH3 is 1. The van der Waals surface area contributed by atoms with E-state index in [0.29, 0.717) is 11.3 Å². The summed E-state index contributed by atoms with van der Waals surface area (Å²) in [5, 5.41) is 0.771. The fraction of sp³-hybridized carbons (Fsp3) is 0.545. The maximum Gasteiger partial charge on any atom is 0.341 e. The standard InChI is InChI=1S/C11H15BrO3/c1-7-8(10(13)14-4)5-9(15-7)11(2,3)6-12/h5H,6H2,1-4H3. The van der Waals surface area contributed by atoms with Gasteiger partial charge >= 0.3 is 5.97 Å². The fourth-order valence-corrected chi connectivity index (χ4v) is 1.47. The second-order valence-electron chi connectivity index (χ2n) is 4.09. The van der Waals surface area contributed by atoms with E-state index in [1.165, 1.54) is 7.11 Å². The molecule has 0 fully saturated rings. The molecule has 0 atom stereocenters. The lowest BCUT2D eigenvalue weighted by molar-refractivity contribution is 0.0599. The molecule has 0 N–H and O–H groups in total. The Morgan fingerprint density at radius 1 is 1.60 bits per heavy atom. The van der Waals surface area contributed by atoms with E-state index in [2.05, 4.69) is 20.7 Å². The van der Waals surface area contributed by atoms with Crippen molar-refractivity contribution < 1.29 is 13.9 Å². The van der Waals surface area contributed by atoms with E-state index in [9.17, 15) is 4.79 Å². The normalized spacial score (nSPS) is 11.5. The van der Waals surface area contributed by atoms with Crippen molar-refractivity contribution in [3.63, 3.8) is 0 Å². The van der Waals surface area contributed by atoms with Crippen molar-refractivity contribution in [2.45, 2.75) is 26.2 Å². The zero-order valence-corrected chi connectivity index (χ0v) is 11.0. The Balaban J connectivity index is 3.11. The van der Waals surface area contributed by atoms with Gasteiger partial charge in [0.1, 0.15) is 17.1 Å². The average molecular weight is 275 g/mol. The van der Waals surface area contributed by atoms with E-state index in [1.54, 1.807) is 13.0 Å². The second kappa shape index (κ2) is 4.39. The Bertz CT molecular complexity index is 366. The van der Waals surface area contributed by atoms with Gasteiger partial charge in [-0.1, -0.05) is 29.8 Å². The highest BCUT2D eigenvalue weighted by molar-refractivity contribution is 9.09. The van der Waals surface area contributed by atoms with Gasteiger partial charge in [0.15, 0.2) is 0 Å². The molecule has 1 heterocycles. The summed E-state index contributed by atoms with van der Waals surface area (Å²) >= 11 is 3.42. The van der Waals surface area contributed by atoms with Gasteiger partial charge in [0.05, 0.1) is 7.11 Å². The smallest absolute Gasteiger partial charge is 0.341 e. The molecule has 0 aromatic carbocycles. The summed E-state index contributed by atoms with van der Waals surface area (Å²) in [6.07, 6.45) is 0. The molecule has 3 nitrogen and oxygen atoms in total. The average Bonchev–Trinajstić information content (AvgIpc) is 2.60. The molecule has 1 rings (SSSR count). The molecule has 0 unspecified atom stereocenters. The summed E-state index contributed by atoms with van der Waals surface area (Å²) < 4.78 is 10.2. The first-order valence-electron chi connectivity index (χ1n) is 4.67. The van der Waals surface area contributed by atoms with Crippen molar-refractivity contribution in [1.82, 2.24) is 0 Å². The summed E-state index contributed by atoms with van der Waals surface area (Å²) in [6.45, 7) is 5.85. The number of carbonyl (C=O) groups is 1. The van der Waals surface area contributed by atoms with Crippen LogP contribution in [0.1, 0.15) is 35.7 Å². The van der Waals surface area contributed by atoms with Gasteiger partial charge in [0.25, 0.3) is 0 Å². The van der Waals surface area contributed by atoms with E-state index in [1.807, 2.05) is 13.8 Å². The van der Waals surface area contributed by atoms with Crippen molar-refractivity contribution in [1.29, 1.82) is 0 Å². The van der Waals surface area contributed by atoms with Gasteiger partial charge in [0.2, 0.25) is 0 Å². The largest absolute Gasteiger partial charge is 0.465 e. The third-order valence-electron chi connectivity index (χ3n) is 2.32. The Hall–Kier alpha value is -0.770. The number of ether oxygens (including phenoxy) is 1. The first kappa shape index (κ1) is 12.3. The van der Waals surface area contributed by atoms with Crippen LogP contribution in [0.5, 0.6) is 0 Å². The van der Waals surface area contributed by atoms with Gasteiger partial charge in [0, 0.05) is 10.7 Å². The maximum atomic E-state index is 11.4. The first-order valence-corrected chi connectivity index (χ1v) is 5.79. The number of halogens is 1. The van der Waals surface area contributed by atoms with E-state index >= 15 is 0 Å². The van der Waals surface area contributed by atoms with Crippen molar-refractivity contribution in [3.8, 4) is 0 Å². The number of hydrogen-bond donors (Lipinski definition) is 0. The lowest BCUT2D eigenvalue weighted by Gasteiger charge is -2.17. The Labute approximate surface area is 97.9 Å². The third-order valence-corrected chi connectivity index (χ3v) is 3.73. The van der Waals surface area contributed by atoms with Crippen LogP contribution in [-0.4, -0.2) is 18.4 Å². The van der Waals surface area contributed by atoms with Crippen LogP contribution in [-0.2, 0) is 10.2 Å². The van der Waals surface area contributed by atoms with Crippen LogP contribution in [0.3, 0.4) is 0 Å². The maximum absolute atomic E-state index is 11.4. The summed E-state index contributed by atoms with van der Waals surface area (Å²) in [5.41, 5.74) is 0.373. The molecule has 15 heavy (non-hydrogen) atoms. The molecule has 0 bridgehead atoms. The molecule has 1 aromatic heterocycles. The summed E-state index contributed by atoms with van der Waals surface area (Å²) in [5.74, 6) is 1.04. The van der Waals surface area contributed by atoms with E-state index in [4.69, 9.17) is 4.42 Å². The topological polar surface area (TPSA) is 39.4 Å². The predicted octanol–water partition coefficient (Wildman–Crippen LogP) is 3.05. The SMILES string of the molecule is COC(=O)c1cc(C(C)(C)CBr)oc1C. The van der Waals surface area contributed by atoms with Crippen LogP contribution in [0.4, 0.5) is 0 Å². The zero-order valence-electron chi connectivity index (χ0n) is 9.39. The second-order valence-corrected chi connectivity index (χ2v) is 4.65. The van der Waals surface area contributed by atoms with Gasteiger partial charge in [-0.25, -0.2) is 4.79 Å². The Morgan fingerprint density at radius 3 is 2.67 bits per heavy atom. The zero-order chi connectivity index (χ0) is 11.6. The van der Waals surface area contributed by atoms with Crippen LogP contribution < -0.4 is 0 Å². The summed E-state index contributed by atoms with van der Waals surface area (Å²) in [6, 6.07) is 1.75. The molecule has 4 heteroatoms. The number of carbonyl (C=O) groups excluding carboxylic acids is 1. The number of esters is 1. The molecule has 0 aliphatic rings. The van der Waals surface area contributed by atoms with E-state index in [0.717, 1.165) is 11.1 Å². The van der Waals surface area contributed by atoms with Gasteiger partial charge in [-0.2, -0.15) is 0 Å². The van der Waals surface area contributed by atoms with Crippen molar-refractivity contribution >= 4 is 21.9 Å². The first-order chi connectivity index (χ1) is 6.92. The molecule has 0 radical (unpaired) electrons. The minimum Gasteiger partial charge on any atom is -0.465 e. The van der Waals surface area contributed by atoms with Gasteiger partial charge in [-0.05, 0) is 13.0 Å². The molecule has 0 amide bonds. The molecule has 1 aromatic rings. The van der Waals surface area contributed by atoms with Crippen molar-refractivity contribution in [2.24, 2.45) is 0 Å². The predicted molar refractivity (Wildman–Crippen MR) is 61.6 cm³/mol. The minimum absolute atomic E-state index is 0.128. The van der Waals surface area contributed by atoms with E-state index in [-0.39, 0.29) is 11.4 Å². The van der Waals surface area contributed by atoms with Crippen molar-refractivity contribution in [2.75, 3.05) is 12.4 Å².